The third-order valence-corrected chi connectivity index (χ3v) is 9.30. The number of nitrogens with zero attached hydrogens (tertiary/aromatic N) is 2. The molecule has 230 valence electrons. The fourth-order valence-corrected chi connectivity index (χ4v) is 6.55. The minimum atomic E-state index is 0.397. The quantitative estimate of drug-likeness (QED) is 0.170. The van der Waals surface area contributed by atoms with E-state index < -0.39 is 0 Å². The molecule has 0 saturated carbocycles. The zero-order chi connectivity index (χ0) is 32.0. The van der Waals surface area contributed by atoms with Crippen molar-refractivity contribution in [3.8, 4) is 22.5 Å². The van der Waals surface area contributed by atoms with Gasteiger partial charge < -0.3 is 0 Å². The minimum absolute atomic E-state index is 0.397. The first-order chi connectivity index (χ1) is 20.8. The first-order valence-electron chi connectivity index (χ1n) is 16.8. The Morgan fingerprint density at radius 2 is 0.636 bits per heavy atom. The van der Waals surface area contributed by atoms with Crippen LogP contribution in [-0.4, -0.2) is 9.97 Å². The number of rotatable bonds is 8. The number of benzene rings is 3. The average molecular weight is 585 g/mol. The van der Waals surface area contributed by atoms with E-state index in [4.69, 9.17) is 9.97 Å². The van der Waals surface area contributed by atoms with E-state index >= 15 is 0 Å². The molecule has 0 atom stereocenters. The van der Waals surface area contributed by atoms with Gasteiger partial charge in [0.05, 0.1) is 22.4 Å². The summed E-state index contributed by atoms with van der Waals surface area (Å²) in [6.07, 6.45) is 0. The van der Waals surface area contributed by atoms with Crippen molar-refractivity contribution in [3.05, 3.63) is 94.0 Å². The molecule has 0 aliphatic rings. The summed E-state index contributed by atoms with van der Waals surface area (Å²) in [7, 11) is 0. The van der Waals surface area contributed by atoms with E-state index in [2.05, 4.69) is 144 Å². The van der Waals surface area contributed by atoms with Crippen LogP contribution in [0.3, 0.4) is 0 Å². The summed E-state index contributed by atoms with van der Waals surface area (Å²) in [4.78, 5) is 10.9. The molecule has 2 heterocycles. The van der Waals surface area contributed by atoms with Gasteiger partial charge >= 0.3 is 0 Å². The molecule has 0 saturated heterocycles. The normalized spacial score (nSPS) is 12.4. The van der Waals surface area contributed by atoms with Crippen LogP contribution in [0.1, 0.15) is 152 Å². The first-order valence-corrected chi connectivity index (χ1v) is 16.8. The lowest BCUT2D eigenvalue weighted by Gasteiger charge is -2.23. The summed E-state index contributed by atoms with van der Waals surface area (Å²) >= 11 is 0. The number of hydrogen-bond donors (Lipinski definition) is 0. The van der Waals surface area contributed by atoms with Crippen molar-refractivity contribution in [2.24, 2.45) is 0 Å². The van der Waals surface area contributed by atoms with Crippen molar-refractivity contribution in [1.82, 2.24) is 9.97 Å². The van der Waals surface area contributed by atoms with Crippen molar-refractivity contribution in [1.29, 1.82) is 0 Å². The van der Waals surface area contributed by atoms with Gasteiger partial charge in [0.25, 0.3) is 0 Å². The highest BCUT2D eigenvalue weighted by Crippen LogP contribution is 2.41. The van der Waals surface area contributed by atoms with E-state index in [-0.39, 0.29) is 0 Å². The van der Waals surface area contributed by atoms with Crippen molar-refractivity contribution in [2.45, 2.75) is 119 Å². The number of hydrogen-bond acceptors (Lipinski definition) is 2. The number of pyridine rings is 2. The molecule has 0 bridgehead atoms. The molecule has 3 aromatic carbocycles. The number of fused-ring (bicyclic) bond motifs is 3. The van der Waals surface area contributed by atoms with Gasteiger partial charge in [0.1, 0.15) is 0 Å². The Kier molecular flexibility index (Phi) is 9.04. The molecule has 44 heavy (non-hydrogen) atoms. The van der Waals surface area contributed by atoms with Gasteiger partial charge in [0.2, 0.25) is 0 Å². The zero-order valence-corrected chi connectivity index (χ0v) is 29.1. The molecule has 0 N–H and O–H groups in total. The van der Waals surface area contributed by atoms with Crippen LogP contribution in [0.4, 0.5) is 0 Å². The van der Waals surface area contributed by atoms with Crippen LogP contribution in [0.25, 0.3) is 44.3 Å². The van der Waals surface area contributed by atoms with Crippen LogP contribution >= 0.6 is 0 Å². The predicted molar refractivity (Wildman–Crippen MR) is 192 cm³/mol. The molecule has 0 aliphatic heterocycles. The van der Waals surface area contributed by atoms with Gasteiger partial charge in [-0.05, 0) is 81.0 Å². The Bertz CT molecular complexity index is 1630. The molecule has 5 rings (SSSR count). The number of aromatic nitrogens is 2. The van der Waals surface area contributed by atoms with Crippen molar-refractivity contribution in [2.75, 3.05) is 0 Å². The molecule has 5 aromatic rings. The SMILES string of the molecule is CC(C)c1cc(C(C)C)c(-c2ccc3ccc4ccc(-c5c(C(C)C)cc(C(C)C)cc5C(C)C)nc4c3n2)c(C(C)C)c1. The highest BCUT2D eigenvalue weighted by atomic mass is 14.8. The molecule has 2 nitrogen and oxygen atoms in total. The van der Waals surface area contributed by atoms with E-state index in [0.29, 0.717) is 35.5 Å². The molecule has 0 fully saturated rings. The third kappa shape index (κ3) is 5.93. The monoisotopic (exact) mass is 584 g/mol. The molecule has 0 unspecified atom stereocenters. The summed E-state index contributed by atoms with van der Waals surface area (Å²) in [6, 6.07) is 23.0. The van der Waals surface area contributed by atoms with E-state index in [9.17, 15) is 0 Å². The standard InChI is InChI=1S/C42H52N2/c1-23(2)31-19-33(25(5)6)39(34(20-31)26(7)8)37-17-15-29-13-14-30-16-18-38(44-42(30)41(29)43-37)40-35(27(9)10)21-32(24(3)4)22-36(40)28(11)12/h13-28H,1-12H3. The Balaban J connectivity index is 1.81. The maximum absolute atomic E-state index is 5.46. The Labute approximate surface area is 266 Å². The Morgan fingerprint density at radius 3 is 0.886 bits per heavy atom. The second kappa shape index (κ2) is 12.5. The van der Waals surface area contributed by atoms with E-state index in [1.165, 1.54) is 44.5 Å². The van der Waals surface area contributed by atoms with Crippen molar-refractivity contribution in [3.63, 3.8) is 0 Å². The van der Waals surface area contributed by atoms with Crippen LogP contribution in [0.2, 0.25) is 0 Å². The molecule has 0 radical (unpaired) electrons. The fraction of sp³-hybridized carbons (Fsp3) is 0.429. The lowest BCUT2D eigenvalue weighted by molar-refractivity contribution is 0.806. The van der Waals surface area contributed by atoms with Gasteiger partial charge in [-0.25, -0.2) is 9.97 Å². The zero-order valence-electron chi connectivity index (χ0n) is 29.1. The van der Waals surface area contributed by atoms with Gasteiger partial charge in [-0.2, -0.15) is 0 Å². The van der Waals surface area contributed by atoms with Crippen LogP contribution in [0, 0.1) is 0 Å². The smallest absolute Gasteiger partial charge is 0.0972 e. The molecule has 2 heteroatoms. The van der Waals surface area contributed by atoms with Gasteiger partial charge in [-0.1, -0.05) is 132 Å². The van der Waals surface area contributed by atoms with Gasteiger partial charge in [-0.15, -0.1) is 0 Å². The highest BCUT2D eigenvalue weighted by molar-refractivity contribution is 6.04. The second-order valence-corrected chi connectivity index (χ2v) is 14.7. The summed E-state index contributed by atoms with van der Waals surface area (Å²) in [5.74, 6) is 2.55. The summed E-state index contributed by atoms with van der Waals surface area (Å²) < 4.78 is 0. The molecular weight excluding hydrogens is 532 g/mol. The minimum Gasteiger partial charge on any atom is -0.245 e. The topological polar surface area (TPSA) is 25.8 Å². The van der Waals surface area contributed by atoms with E-state index in [1.807, 2.05) is 0 Å². The van der Waals surface area contributed by atoms with Crippen molar-refractivity contribution < 1.29 is 0 Å². The van der Waals surface area contributed by atoms with Gasteiger partial charge in [0.15, 0.2) is 0 Å². The van der Waals surface area contributed by atoms with Crippen molar-refractivity contribution >= 4 is 21.8 Å². The fourth-order valence-electron chi connectivity index (χ4n) is 6.55. The molecular formula is C42H52N2. The lowest BCUT2D eigenvalue weighted by atomic mass is 9.83. The third-order valence-electron chi connectivity index (χ3n) is 9.30. The molecule has 0 amide bonds. The van der Waals surface area contributed by atoms with Crippen LogP contribution in [-0.2, 0) is 0 Å². The molecule has 0 aliphatic carbocycles. The maximum Gasteiger partial charge on any atom is 0.0972 e. The van der Waals surface area contributed by atoms with E-state index in [0.717, 1.165) is 33.2 Å². The lowest BCUT2D eigenvalue weighted by Crippen LogP contribution is -2.05. The van der Waals surface area contributed by atoms with E-state index in [1.54, 1.807) is 0 Å². The second-order valence-electron chi connectivity index (χ2n) is 14.7. The largest absolute Gasteiger partial charge is 0.245 e. The molecule has 0 spiro atoms. The first kappa shape index (κ1) is 31.9. The summed E-state index contributed by atoms with van der Waals surface area (Å²) in [5, 5.41) is 2.26. The van der Waals surface area contributed by atoms with Gasteiger partial charge in [-0.3, -0.25) is 0 Å². The predicted octanol–water partition coefficient (Wildman–Crippen LogP) is 12.9. The maximum atomic E-state index is 5.46. The summed E-state index contributed by atoms with van der Waals surface area (Å²) in [5.41, 5.74) is 15.0. The average Bonchev–Trinajstić information content (AvgIpc) is 2.98. The van der Waals surface area contributed by atoms with Crippen LogP contribution in [0.15, 0.2) is 60.7 Å². The van der Waals surface area contributed by atoms with Crippen LogP contribution < -0.4 is 0 Å². The highest BCUT2D eigenvalue weighted by Gasteiger charge is 2.22. The van der Waals surface area contributed by atoms with Crippen LogP contribution in [0.5, 0.6) is 0 Å². The van der Waals surface area contributed by atoms with Gasteiger partial charge in [0, 0.05) is 21.9 Å². The summed E-state index contributed by atoms with van der Waals surface area (Å²) in [6.45, 7) is 27.6. The Hall–Kier alpha value is -3.52. The molecule has 2 aromatic heterocycles. The Morgan fingerprint density at radius 1 is 0.364 bits per heavy atom.